The van der Waals surface area contributed by atoms with E-state index >= 15 is 0 Å². The van der Waals surface area contributed by atoms with Crippen LogP contribution >= 0.6 is 0 Å². The van der Waals surface area contributed by atoms with Gasteiger partial charge in [-0.2, -0.15) is 0 Å². The number of hydrogen-bond donors (Lipinski definition) is 0. The van der Waals surface area contributed by atoms with E-state index < -0.39 is 0 Å². The summed E-state index contributed by atoms with van der Waals surface area (Å²) in [5.74, 6) is 0. The van der Waals surface area contributed by atoms with Crippen LogP contribution in [0.3, 0.4) is 0 Å². The van der Waals surface area contributed by atoms with E-state index in [1.165, 1.54) is 225 Å². The largest absolute Gasteiger partial charge is 0.356 e. The summed E-state index contributed by atoms with van der Waals surface area (Å²) in [4.78, 5) is 5.32. The second-order valence-electron chi connectivity index (χ2n) is 14.3. The maximum atomic E-state index is 2.68. The Kier molecular flexibility index (Phi) is 30.7. The molecule has 2 heteroatoms. The molecule has 1 atom stereocenters. The van der Waals surface area contributed by atoms with Gasteiger partial charge < -0.3 is 9.80 Å². The summed E-state index contributed by atoms with van der Waals surface area (Å²) in [6.45, 7) is 9.43. The minimum atomic E-state index is 0.637. The highest BCUT2D eigenvalue weighted by atomic mass is 15.4. The lowest BCUT2D eigenvalue weighted by Crippen LogP contribution is -2.39. The van der Waals surface area contributed by atoms with Crippen molar-refractivity contribution in [3.63, 3.8) is 0 Å². The molecular formula is C41H82N2. The molecule has 2 nitrogen and oxygen atoms in total. The van der Waals surface area contributed by atoms with Crippen molar-refractivity contribution < 1.29 is 0 Å². The van der Waals surface area contributed by atoms with Gasteiger partial charge in [0.25, 0.3) is 0 Å². The highest BCUT2D eigenvalue weighted by Crippen LogP contribution is 2.23. The normalized spacial score (nSPS) is 14.9. The number of rotatable bonds is 35. The average molecular weight is 603 g/mol. The fourth-order valence-corrected chi connectivity index (χ4v) is 7.14. The Hall–Kier alpha value is -0.660. The summed E-state index contributed by atoms with van der Waals surface area (Å²) in [6.07, 6.45) is 53.1. The monoisotopic (exact) mass is 603 g/mol. The van der Waals surface area contributed by atoms with E-state index in [9.17, 15) is 0 Å². The Labute approximate surface area is 273 Å². The lowest BCUT2D eigenvalue weighted by molar-refractivity contribution is 0.137. The molecule has 0 fully saturated rings. The molecule has 1 unspecified atom stereocenters. The van der Waals surface area contributed by atoms with Crippen LogP contribution in [0, 0.1) is 0 Å². The Morgan fingerprint density at radius 1 is 0.302 bits per heavy atom. The van der Waals surface area contributed by atoms with Crippen molar-refractivity contribution in [2.24, 2.45) is 0 Å². The average Bonchev–Trinajstić information content (AvgIpc) is 3.39. The molecule has 1 aliphatic rings. The van der Waals surface area contributed by atoms with Gasteiger partial charge in [-0.3, -0.25) is 0 Å². The van der Waals surface area contributed by atoms with Crippen molar-refractivity contribution >= 4 is 0 Å². The minimum Gasteiger partial charge on any atom is -0.356 e. The van der Waals surface area contributed by atoms with E-state index in [0.717, 1.165) is 0 Å². The van der Waals surface area contributed by atoms with E-state index in [1.54, 1.807) is 0 Å². The molecule has 0 saturated carbocycles. The Bertz CT molecular complexity index is 558. The SMILES string of the molecule is CCCCCCCCCCCCCCCCCCCN1C=CN(CCC)C1CCCCCCCCCCCCCCCC. The highest BCUT2D eigenvalue weighted by molar-refractivity contribution is 4.96. The fraction of sp³-hybridized carbons (Fsp3) is 0.951. The second kappa shape index (κ2) is 32.7. The summed E-state index contributed by atoms with van der Waals surface area (Å²) in [5, 5.41) is 0. The maximum Gasteiger partial charge on any atom is 0.101 e. The molecule has 0 amide bonds. The van der Waals surface area contributed by atoms with Crippen molar-refractivity contribution in [1.29, 1.82) is 0 Å². The van der Waals surface area contributed by atoms with Crippen LogP contribution in [0.2, 0.25) is 0 Å². The Balaban J connectivity index is 1.95. The third-order valence-electron chi connectivity index (χ3n) is 10.0. The van der Waals surface area contributed by atoms with Crippen molar-refractivity contribution in [3.05, 3.63) is 12.4 Å². The van der Waals surface area contributed by atoms with Gasteiger partial charge in [0.05, 0.1) is 0 Å². The van der Waals surface area contributed by atoms with E-state index in [4.69, 9.17) is 0 Å². The molecule has 1 rings (SSSR count). The van der Waals surface area contributed by atoms with Crippen LogP contribution in [0.25, 0.3) is 0 Å². The first-order valence-corrected chi connectivity index (χ1v) is 20.5. The third-order valence-corrected chi connectivity index (χ3v) is 10.0. The molecule has 256 valence electrons. The maximum absolute atomic E-state index is 2.68. The summed E-state index contributed by atoms with van der Waals surface area (Å²) in [5.41, 5.74) is 0. The van der Waals surface area contributed by atoms with Crippen LogP contribution in [0.4, 0.5) is 0 Å². The molecule has 1 heterocycles. The van der Waals surface area contributed by atoms with Gasteiger partial charge in [0.1, 0.15) is 6.17 Å². The van der Waals surface area contributed by atoms with Crippen LogP contribution in [0.15, 0.2) is 12.4 Å². The van der Waals surface area contributed by atoms with Crippen molar-refractivity contribution in [3.8, 4) is 0 Å². The topological polar surface area (TPSA) is 6.48 Å². The first-order chi connectivity index (χ1) is 21.3. The minimum absolute atomic E-state index is 0.637. The molecule has 1 aliphatic heterocycles. The molecule has 0 bridgehead atoms. The van der Waals surface area contributed by atoms with Gasteiger partial charge >= 0.3 is 0 Å². The number of nitrogens with zero attached hydrogens (tertiary/aromatic N) is 2. The van der Waals surface area contributed by atoms with Gasteiger partial charge in [-0.05, 0) is 25.7 Å². The summed E-state index contributed by atoms with van der Waals surface area (Å²) in [7, 11) is 0. The number of hydrogen-bond acceptors (Lipinski definition) is 2. The molecule has 0 aromatic heterocycles. The molecule has 43 heavy (non-hydrogen) atoms. The van der Waals surface area contributed by atoms with E-state index in [2.05, 4.69) is 43.0 Å². The van der Waals surface area contributed by atoms with Gasteiger partial charge in [-0.1, -0.05) is 207 Å². The molecule has 0 aromatic carbocycles. The highest BCUT2D eigenvalue weighted by Gasteiger charge is 2.24. The van der Waals surface area contributed by atoms with Gasteiger partial charge in [-0.15, -0.1) is 0 Å². The van der Waals surface area contributed by atoms with Crippen molar-refractivity contribution in [2.45, 2.75) is 239 Å². The fourth-order valence-electron chi connectivity index (χ4n) is 7.14. The first kappa shape index (κ1) is 40.4. The van der Waals surface area contributed by atoms with Crippen molar-refractivity contribution in [1.82, 2.24) is 9.80 Å². The van der Waals surface area contributed by atoms with E-state index in [1.807, 2.05) is 0 Å². The van der Waals surface area contributed by atoms with Crippen LogP contribution in [-0.2, 0) is 0 Å². The lowest BCUT2D eigenvalue weighted by atomic mass is 10.0. The Morgan fingerprint density at radius 3 is 0.907 bits per heavy atom. The van der Waals surface area contributed by atoms with Gasteiger partial charge in [0.2, 0.25) is 0 Å². The molecule has 0 saturated heterocycles. The quantitative estimate of drug-likeness (QED) is 0.0666. The Morgan fingerprint density at radius 2 is 0.581 bits per heavy atom. The van der Waals surface area contributed by atoms with Gasteiger partial charge in [-0.25, -0.2) is 0 Å². The molecule has 0 N–H and O–H groups in total. The smallest absolute Gasteiger partial charge is 0.101 e. The second-order valence-corrected chi connectivity index (χ2v) is 14.3. The predicted octanol–water partition coefficient (Wildman–Crippen LogP) is 14.3. The summed E-state index contributed by atoms with van der Waals surface area (Å²) >= 11 is 0. The molecular weight excluding hydrogens is 520 g/mol. The van der Waals surface area contributed by atoms with Crippen LogP contribution in [-0.4, -0.2) is 29.1 Å². The van der Waals surface area contributed by atoms with Gasteiger partial charge in [0.15, 0.2) is 0 Å². The number of unbranched alkanes of at least 4 members (excludes halogenated alkanes) is 29. The third kappa shape index (κ3) is 25.2. The predicted molar refractivity (Wildman–Crippen MR) is 196 cm³/mol. The molecule has 0 spiro atoms. The first-order valence-electron chi connectivity index (χ1n) is 20.5. The zero-order chi connectivity index (χ0) is 30.9. The molecule has 0 radical (unpaired) electrons. The summed E-state index contributed by atoms with van der Waals surface area (Å²) in [6, 6.07) is 0. The zero-order valence-corrected chi connectivity index (χ0v) is 30.4. The van der Waals surface area contributed by atoms with Crippen LogP contribution in [0.5, 0.6) is 0 Å². The molecule has 0 aliphatic carbocycles. The lowest BCUT2D eigenvalue weighted by Gasteiger charge is -2.33. The molecule has 0 aromatic rings. The van der Waals surface area contributed by atoms with E-state index in [0.29, 0.717) is 6.17 Å². The summed E-state index contributed by atoms with van der Waals surface area (Å²) < 4.78 is 0. The van der Waals surface area contributed by atoms with Crippen molar-refractivity contribution in [2.75, 3.05) is 13.1 Å². The van der Waals surface area contributed by atoms with E-state index in [-0.39, 0.29) is 0 Å². The van der Waals surface area contributed by atoms with Gasteiger partial charge in [0, 0.05) is 25.5 Å². The van der Waals surface area contributed by atoms with Crippen LogP contribution in [0.1, 0.15) is 233 Å². The zero-order valence-electron chi connectivity index (χ0n) is 30.4. The standard InChI is InChI=1S/C41H82N2/c1-4-7-9-11-13-15-17-19-21-22-23-25-27-29-31-33-35-38-43-40-39-42(37-6-3)41(43)36-34-32-30-28-26-24-20-18-16-14-12-10-8-5-2/h39-41H,4-38H2,1-3H3. The van der Waals surface area contributed by atoms with Crippen LogP contribution < -0.4 is 0 Å².